The summed E-state index contributed by atoms with van der Waals surface area (Å²) in [5, 5.41) is 0. The van der Waals surface area contributed by atoms with Crippen molar-refractivity contribution in [2.24, 2.45) is 0 Å². The lowest BCUT2D eigenvalue weighted by molar-refractivity contribution is 1.09. The third kappa shape index (κ3) is 2.45. The van der Waals surface area contributed by atoms with Gasteiger partial charge in [-0.25, -0.2) is 9.97 Å². The summed E-state index contributed by atoms with van der Waals surface area (Å²) in [6.45, 7) is 1.98. The first-order valence-electron chi connectivity index (χ1n) is 7.40. The minimum Gasteiger partial charge on any atom is -0.277 e. The van der Waals surface area contributed by atoms with Crippen LogP contribution in [-0.2, 0) is 0 Å². The van der Waals surface area contributed by atoms with Gasteiger partial charge in [0.2, 0.25) is 5.78 Å². The largest absolute Gasteiger partial charge is 0.277 e. The van der Waals surface area contributed by atoms with Crippen molar-refractivity contribution in [3.63, 3.8) is 0 Å². The van der Waals surface area contributed by atoms with Gasteiger partial charge in [0.15, 0.2) is 0 Å². The number of nitrogens with zero attached hydrogens (tertiary/aromatic N) is 3. The molecular formula is C19H14BrN3. The summed E-state index contributed by atoms with van der Waals surface area (Å²) < 4.78 is 2.93. The third-order valence-corrected chi connectivity index (χ3v) is 4.81. The van der Waals surface area contributed by atoms with E-state index in [9.17, 15) is 0 Å². The predicted molar refractivity (Wildman–Crippen MR) is 96.3 cm³/mol. The molecule has 0 aliphatic rings. The molecule has 2 heterocycles. The minimum atomic E-state index is 0.702. The highest BCUT2D eigenvalue weighted by molar-refractivity contribution is 9.10. The summed E-state index contributed by atoms with van der Waals surface area (Å²) in [6, 6.07) is 20.6. The maximum Gasteiger partial charge on any atom is 0.235 e. The maximum atomic E-state index is 4.83. The molecule has 2 aromatic heterocycles. The highest BCUT2D eigenvalue weighted by Gasteiger charge is 2.14. The van der Waals surface area contributed by atoms with E-state index < -0.39 is 0 Å². The minimum absolute atomic E-state index is 0.702. The van der Waals surface area contributed by atoms with Gasteiger partial charge in [0.05, 0.1) is 11.4 Å². The van der Waals surface area contributed by atoms with Crippen LogP contribution >= 0.6 is 15.9 Å². The second kappa shape index (κ2) is 5.63. The molecule has 0 radical (unpaired) electrons. The van der Waals surface area contributed by atoms with Gasteiger partial charge in [-0.3, -0.25) is 4.40 Å². The zero-order chi connectivity index (χ0) is 15.8. The zero-order valence-electron chi connectivity index (χ0n) is 12.6. The molecule has 0 saturated heterocycles. The number of hydrogen-bond donors (Lipinski definition) is 0. The molecule has 2 aromatic carbocycles. The summed E-state index contributed by atoms with van der Waals surface area (Å²) in [5.41, 5.74) is 5.19. The number of imidazole rings is 1. The predicted octanol–water partition coefficient (Wildman–Crippen LogP) is 5.13. The Morgan fingerprint density at radius 2 is 1.43 bits per heavy atom. The molecule has 0 unspecified atom stereocenters. The summed E-state index contributed by atoms with van der Waals surface area (Å²) in [4.78, 5) is 9.36. The average molecular weight is 364 g/mol. The lowest BCUT2D eigenvalue weighted by atomic mass is 10.0. The molecule has 0 N–H and O–H groups in total. The molecule has 112 valence electrons. The first-order chi connectivity index (χ1) is 11.2. The fourth-order valence-electron chi connectivity index (χ4n) is 2.70. The van der Waals surface area contributed by atoms with Crippen LogP contribution in [0.25, 0.3) is 28.2 Å². The second-order valence-corrected chi connectivity index (χ2v) is 6.14. The van der Waals surface area contributed by atoms with Crippen molar-refractivity contribution in [1.29, 1.82) is 0 Å². The van der Waals surface area contributed by atoms with Crippen LogP contribution in [0.1, 0.15) is 5.69 Å². The molecule has 23 heavy (non-hydrogen) atoms. The first kappa shape index (κ1) is 14.2. The number of fused-ring (bicyclic) bond motifs is 1. The fourth-order valence-corrected chi connectivity index (χ4v) is 3.05. The molecule has 4 rings (SSSR count). The molecule has 0 aliphatic carbocycles. The second-order valence-electron chi connectivity index (χ2n) is 5.39. The van der Waals surface area contributed by atoms with E-state index in [0.717, 1.165) is 32.7 Å². The molecule has 0 atom stereocenters. The molecule has 0 bridgehead atoms. The zero-order valence-corrected chi connectivity index (χ0v) is 14.2. The Labute approximate surface area is 142 Å². The van der Waals surface area contributed by atoms with Gasteiger partial charge in [0, 0.05) is 17.3 Å². The highest BCUT2D eigenvalue weighted by atomic mass is 79.9. The highest BCUT2D eigenvalue weighted by Crippen LogP contribution is 2.32. The van der Waals surface area contributed by atoms with Crippen molar-refractivity contribution >= 4 is 21.7 Å². The van der Waals surface area contributed by atoms with E-state index in [2.05, 4.69) is 51.4 Å². The Bertz CT molecular complexity index is 976. The van der Waals surface area contributed by atoms with Crippen molar-refractivity contribution < 1.29 is 0 Å². The molecule has 0 aliphatic heterocycles. The first-order valence-corrected chi connectivity index (χ1v) is 8.19. The van der Waals surface area contributed by atoms with E-state index in [0.29, 0.717) is 5.78 Å². The molecule has 4 aromatic rings. The Morgan fingerprint density at radius 3 is 2.09 bits per heavy atom. The van der Waals surface area contributed by atoms with Gasteiger partial charge in [-0.15, -0.1) is 0 Å². The Kier molecular flexibility index (Phi) is 3.46. The molecule has 4 heteroatoms. The van der Waals surface area contributed by atoms with Crippen molar-refractivity contribution in [2.45, 2.75) is 6.92 Å². The Balaban J connectivity index is 2.07. The van der Waals surface area contributed by atoms with Gasteiger partial charge in [-0.05, 0) is 28.4 Å². The third-order valence-electron chi connectivity index (χ3n) is 3.85. The number of benzene rings is 2. The van der Waals surface area contributed by atoms with Gasteiger partial charge < -0.3 is 0 Å². The topological polar surface area (TPSA) is 30.2 Å². The van der Waals surface area contributed by atoms with Crippen molar-refractivity contribution in [3.05, 3.63) is 77.2 Å². The van der Waals surface area contributed by atoms with E-state index in [1.165, 1.54) is 0 Å². The van der Waals surface area contributed by atoms with Crippen LogP contribution in [0.5, 0.6) is 0 Å². The Morgan fingerprint density at radius 1 is 0.826 bits per heavy atom. The Hall–Kier alpha value is -2.46. The van der Waals surface area contributed by atoms with E-state index in [1.54, 1.807) is 0 Å². The molecule has 0 saturated carbocycles. The maximum absolute atomic E-state index is 4.83. The van der Waals surface area contributed by atoms with E-state index in [1.807, 2.05) is 47.7 Å². The van der Waals surface area contributed by atoms with Crippen LogP contribution in [0.3, 0.4) is 0 Å². The number of rotatable bonds is 2. The quantitative estimate of drug-likeness (QED) is 0.493. The van der Waals surface area contributed by atoms with Crippen LogP contribution in [-0.4, -0.2) is 14.4 Å². The molecule has 0 fully saturated rings. The monoisotopic (exact) mass is 363 g/mol. The summed E-state index contributed by atoms with van der Waals surface area (Å²) in [7, 11) is 0. The number of aryl methyl sites for hydroxylation is 1. The fraction of sp³-hybridized carbons (Fsp3) is 0.0526. The number of halogens is 1. The van der Waals surface area contributed by atoms with Gasteiger partial charge >= 0.3 is 0 Å². The van der Waals surface area contributed by atoms with Gasteiger partial charge in [0.25, 0.3) is 0 Å². The molecule has 0 amide bonds. The van der Waals surface area contributed by atoms with Crippen molar-refractivity contribution in [3.8, 4) is 22.4 Å². The van der Waals surface area contributed by atoms with Gasteiger partial charge in [-0.2, -0.15) is 0 Å². The van der Waals surface area contributed by atoms with Crippen molar-refractivity contribution in [2.75, 3.05) is 0 Å². The van der Waals surface area contributed by atoms with Crippen LogP contribution < -0.4 is 0 Å². The summed E-state index contributed by atoms with van der Waals surface area (Å²) in [5.74, 6) is 0.702. The van der Waals surface area contributed by atoms with E-state index >= 15 is 0 Å². The number of hydrogen-bond acceptors (Lipinski definition) is 2. The van der Waals surface area contributed by atoms with Crippen LogP contribution in [0, 0.1) is 6.92 Å². The standard InChI is InChI=1S/C19H14BrN3/c1-13-18(20)23-12-16(14-8-4-2-5-9-14)17(22-19(23)21-13)15-10-6-3-7-11-15/h2-12H,1H3. The van der Waals surface area contributed by atoms with E-state index in [-0.39, 0.29) is 0 Å². The average Bonchev–Trinajstić information content (AvgIpc) is 2.89. The summed E-state index contributed by atoms with van der Waals surface area (Å²) in [6.07, 6.45) is 2.10. The van der Waals surface area contributed by atoms with Gasteiger partial charge in [-0.1, -0.05) is 60.7 Å². The van der Waals surface area contributed by atoms with E-state index in [4.69, 9.17) is 4.98 Å². The van der Waals surface area contributed by atoms with Crippen LogP contribution in [0.15, 0.2) is 71.5 Å². The summed E-state index contributed by atoms with van der Waals surface area (Å²) >= 11 is 3.60. The smallest absolute Gasteiger partial charge is 0.235 e. The van der Waals surface area contributed by atoms with Crippen LogP contribution in [0.2, 0.25) is 0 Å². The molecule has 3 nitrogen and oxygen atoms in total. The SMILES string of the molecule is Cc1nc2nc(-c3ccccc3)c(-c3ccccc3)cn2c1Br. The van der Waals surface area contributed by atoms with Gasteiger partial charge in [0.1, 0.15) is 4.60 Å². The normalized spacial score (nSPS) is 11.0. The lowest BCUT2D eigenvalue weighted by Crippen LogP contribution is -1.96. The number of aromatic nitrogens is 3. The molecular weight excluding hydrogens is 350 g/mol. The molecule has 0 spiro atoms. The van der Waals surface area contributed by atoms with Crippen molar-refractivity contribution in [1.82, 2.24) is 14.4 Å². The lowest BCUT2D eigenvalue weighted by Gasteiger charge is -2.10. The van der Waals surface area contributed by atoms with Crippen LogP contribution in [0.4, 0.5) is 0 Å².